The van der Waals surface area contributed by atoms with Crippen molar-refractivity contribution in [2.75, 3.05) is 9.80 Å². The van der Waals surface area contributed by atoms with Crippen molar-refractivity contribution in [1.82, 2.24) is 9.13 Å². The van der Waals surface area contributed by atoms with Gasteiger partial charge in [-0.3, -0.25) is 0 Å². The van der Waals surface area contributed by atoms with Crippen LogP contribution >= 0.6 is 0 Å². The normalized spacial score (nSPS) is 11.5. The van der Waals surface area contributed by atoms with Gasteiger partial charge in [0.1, 0.15) is 22.3 Å². The third kappa shape index (κ3) is 15.1. The van der Waals surface area contributed by atoms with Crippen LogP contribution in [0.2, 0.25) is 0 Å². The Morgan fingerprint density at radius 2 is 0.377 bits per heavy atom. The van der Waals surface area contributed by atoms with Gasteiger partial charge in [-0.15, -0.1) is 0 Å². The van der Waals surface area contributed by atoms with Crippen LogP contribution in [-0.4, -0.2) is 9.13 Å². The molecule has 6 nitrogen and oxygen atoms in total. The SMILES string of the molecule is c1ccc(-c2ccc(-c3ccc(N(c4ccc(-c5cccc(-c6ccc(-n7c8ccccc8c8ccccc87)cc6)c5)cc4)c4ccccc4-c4cccc5oc6ccccc6c45)cc3)cc2)cc1.c1ccc(-c2ccc(-c3cccc(N(c4ccc(-c5cccc(-c6ccc(-n7c8ccccc8c8ccccc87)cc6)c5)cc4)c4ccccc4-c4cccc5oc6ccccc6c45)c3)cc2)cc1. The summed E-state index contributed by atoms with van der Waals surface area (Å²) >= 11 is 0. The highest BCUT2D eigenvalue weighted by Gasteiger charge is 2.26. The molecule has 0 saturated carbocycles. The van der Waals surface area contributed by atoms with E-state index in [1.165, 1.54) is 99.2 Å². The molecule has 0 saturated heterocycles. The number of para-hydroxylation sites is 8. The van der Waals surface area contributed by atoms with Gasteiger partial charge in [-0.1, -0.05) is 388 Å². The molecule has 0 aliphatic carbocycles. The highest BCUT2D eigenvalue weighted by molar-refractivity contribution is 6.16. The number of anilines is 6. The summed E-state index contributed by atoms with van der Waals surface area (Å²) in [6.07, 6.45) is 0. The molecule has 648 valence electrons. The molecule has 26 aromatic rings. The van der Waals surface area contributed by atoms with Crippen molar-refractivity contribution in [2.24, 2.45) is 0 Å². The van der Waals surface area contributed by atoms with Gasteiger partial charge in [0.15, 0.2) is 0 Å². The minimum atomic E-state index is 0.877. The summed E-state index contributed by atoms with van der Waals surface area (Å²) in [4.78, 5) is 4.79. The maximum atomic E-state index is 6.41. The van der Waals surface area contributed by atoms with Crippen LogP contribution in [0.25, 0.3) is 210 Å². The number of fused-ring (bicyclic) bond motifs is 12. The van der Waals surface area contributed by atoms with Gasteiger partial charge in [0, 0.05) is 88.3 Å². The average Bonchev–Trinajstić information content (AvgIpc) is 1.59. The Hall–Kier alpha value is -18.4. The zero-order chi connectivity index (χ0) is 91.4. The van der Waals surface area contributed by atoms with E-state index in [2.05, 4.69) is 541 Å². The van der Waals surface area contributed by atoms with E-state index < -0.39 is 0 Å². The smallest absolute Gasteiger partial charge is 0.136 e. The second-order valence-corrected chi connectivity index (χ2v) is 35.3. The van der Waals surface area contributed by atoms with E-state index in [1.807, 2.05) is 12.1 Å². The third-order valence-corrected chi connectivity index (χ3v) is 27.3. The predicted molar refractivity (Wildman–Crippen MR) is 580 cm³/mol. The van der Waals surface area contributed by atoms with Gasteiger partial charge >= 0.3 is 0 Å². The number of aromatic nitrogens is 2. The molecule has 138 heavy (non-hydrogen) atoms. The van der Waals surface area contributed by atoms with Crippen LogP contribution in [0.1, 0.15) is 0 Å². The van der Waals surface area contributed by atoms with E-state index in [9.17, 15) is 0 Å². The molecule has 4 heterocycles. The first-order valence-corrected chi connectivity index (χ1v) is 47.1. The minimum Gasteiger partial charge on any atom is -0.456 e. The minimum absolute atomic E-state index is 0.877. The quantitative estimate of drug-likeness (QED) is 0.0859. The second kappa shape index (κ2) is 35.3. The van der Waals surface area contributed by atoms with E-state index in [-0.39, 0.29) is 0 Å². The number of nitrogens with zero attached hydrogens (tertiary/aromatic N) is 4. The van der Waals surface area contributed by atoms with Gasteiger partial charge in [0.2, 0.25) is 0 Å². The number of hydrogen-bond donors (Lipinski definition) is 0. The summed E-state index contributed by atoms with van der Waals surface area (Å²) in [5, 5.41) is 9.51. The van der Waals surface area contributed by atoms with Crippen molar-refractivity contribution in [3.05, 3.63) is 534 Å². The maximum absolute atomic E-state index is 6.41. The van der Waals surface area contributed by atoms with E-state index >= 15 is 0 Å². The molecule has 0 aliphatic heterocycles. The van der Waals surface area contributed by atoms with Gasteiger partial charge in [0.25, 0.3) is 0 Å². The Bertz CT molecular complexity index is 8920. The fourth-order valence-corrected chi connectivity index (χ4v) is 20.6. The Morgan fingerprint density at radius 3 is 0.732 bits per heavy atom. The molecule has 0 fully saturated rings. The zero-order valence-corrected chi connectivity index (χ0v) is 75.4. The highest BCUT2D eigenvalue weighted by atomic mass is 16.3. The molecule has 26 rings (SSSR count). The molecule has 0 atom stereocenters. The maximum Gasteiger partial charge on any atom is 0.136 e. The van der Waals surface area contributed by atoms with Crippen LogP contribution in [0.15, 0.2) is 543 Å². The lowest BCUT2D eigenvalue weighted by Crippen LogP contribution is -2.11. The van der Waals surface area contributed by atoms with Crippen LogP contribution in [0.5, 0.6) is 0 Å². The first-order valence-electron chi connectivity index (χ1n) is 47.1. The van der Waals surface area contributed by atoms with E-state index in [0.29, 0.717) is 0 Å². The third-order valence-electron chi connectivity index (χ3n) is 27.3. The number of hydrogen-bond acceptors (Lipinski definition) is 4. The first-order chi connectivity index (χ1) is 68.4. The molecule has 22 aromatic carbocycles. The molecule has 0 spiro atoms. The molecule has 0 bridgehead atoms. The topological polar surface area (TPSA) is 42.6 Å². The van der Waals surface area contributed by atoms with Crippen LogP contribution in [-0.2, 0) is 0 Å². The summed E-state index contributed by atoms with van der Waals surface area (Å²) in [5.41, 5.74) is 40.4. The van der Waals surface area contributed by atoms with Gasteiger partial charge in [-0.2, -0.15) is 0 Å². The Kier molecular flexibility index (Phi) is 20.9. The van der Waals surface area contributed by atoms with Gasteiger partial charge < -0.3 is 27.8 Å². The lowest BCUT2D eigenvalue weighted by molar-refractivity contribution is 0.668. The molecule has 0 radical (unpaired) electrons. The standard InChI is InChI=1S/2C66H44N2O/c1-2-15-45(16-3-1)46-31-33-47(34-32-46)52-19-13-20-55(44-52)67(61-26-8-6-23-58(61)59-25-14-30-65-66(59)60-24-7-11-29-64(60)69-65)53-39-35-48(36-40-53)50-17-12-18-51(43-50)49-37-41-54(42-38-49)68-62-27-9-4-21-56(62)57-22-5-10-28-63(57)68;1-2-14-45(15-3-1)46-28-30-47(31-29-46)48-32-38-53(39-33-48)67(61-23-8-6-20-58(61)59-22-13-27-65-66(59)60-21-7-11-26-64(60)69-65)54-40-34-49(35-41-54)51-16-12-17-52(44-51)50-36-42-55(43-37-50)68-62-24-9-4-18-56(62)57-19-5-10-25-63(57)68/h2*1-44H. The van der Waals surface area contributed by atoms with Crippen molar-refractivity contribution in [3.8, 4) is 123 Å². The van der Waals surface area contributed by atoms with Crippen LogP contribution in [0, 0.1) is 0 Å². The van der Waals surface area contributed by atoms with Crippen molar-refractivity contribution in [3.63, 3.8) is 0 Å². The van der Waals surface area contributed by atoms with Gasteiger partial charge in [-0.05, 0) is 246 Å². The fourth-order valence-electron chi connectivity index (χ4n) is 20.6. The predicted octanol–water partition coefficient (Wildman–Crippen LogP) is 37.0. The molecular weight excluding hydrogens is 1670 g/mol. The number of furan rings is 2. The van der Waals surface area contributed by atoms with Crippen molar-refractivity contribution >= 4 is 122 Å². The Labute approximate surface area is 800 Å². The highest BCUT2D eigenvalue weighted by Crippen LogP contribution is 2.50. The lowest BCUT2D eigenvalue weighted by Gasteiger charge is -2.28. The molecule has 0 amide bonds. The summed E-state index contributed by atoms with van der Waals surface area (Å²) in [6.45, 7) is 0. The summed E-state index contributed by atoms with van der Waals surface area (Å²) in [7, 11) is 0. The largest absolute Gasteiger partial charge is 0.456 e. The molecule has 4 aromatic heterocycles. The Morgan fingerprint density at radius 1 is 0.145 bits per heavy atom. The number of rotatable bonds is 18. The Balaban J connectivity index is 0.000000146. The first kappa shape index (κ1) is 81.6. The monoisotopic (exact) mass is 1760 g/mol. The van der Waals surface area contributed by atoms with Crippen LogP contribution < -0.4 is 9.80 Å². The fraction of sp³-hybridized carbons (Fsp3) is 0. The zero-order valence-electron chi connectivity index (χ0n) is 75.4. The molecular formula is C132H88N4O2. The average molecular weight is 1760 g/mol. The summed E-state index contributed by atoms with van der Waals surface area (Å²) in [5.74, 6) is 0. The van der Waals surface area contributed by atoms with E-state index in [0.717, 1.165) is 145 Å². The van der Waals surface area contributed by atoms with Gasteiger partial charge in [-0.25, -0.2) is 0 Å². The second-order valence-electron chi connectivity index (χ2n) is 35.3. The molecule has 6 heteroatoms. The molecule has 0 aliphatic rings. The van der Waals surface area contributed by atoms with Crippen molar-refractivity contribution < 1.29 is 8.83 Å². The van der Waals surface area contributed by atoms with Gasteiger partial charge in [0.05, 0.1) is 33.4 Å². The van der Waals surface area contributed by atoms with Crippen molar-refractivity contribution in [1.29, 1.82) is 0 Å². The summed E-state index contributed by atoms with van der Waals surface area (Å²) in [6, 6.07) is 192. The molecule has 0 unspecified atom stereocenters. The summed E-state index contributed by atoms with van der Waals surface area (Å²) < 4.78 is 17.5. The van der Waals surface area contributed by atoms with E-state index in [4.69, 9.17) is 8.83 Å². The van der Waals surface area contributed by atoms with Crippen molar-refractivity contribution in [2.45, 2.75) is 0 Å². The van der Waals surface area contributed by atoms with Crippen LogP contribution in [0.3, 0.4) is 0 Å². The van der Waals surface area contributed by atoms with E-state index in [1.54, 1.807) is 0 Å². The lowest BCUT2D eigenvalue weighted by atomic mass is 9.96. The molecule has 0 N–H and O–H groups in total. The van der Waals surface area contributed by atoms with Crippen LogP contribution in [0.4, 0.5) is 34.1 Å². The number of benzene rings is 22.